The zero-order valence-electron chi connectivity index (χ0n) is 18.4. The molecule has 0 aliphatic heterocycles. The van der Waals surface area contributed by atoms with Gasteiger partial charge in [0.2, 0.25) is 0 Å². The van der Waals surface area contributed by atoms with Gasteiger partial charge in [-0.15, -0.1) is 0 Å². The lowest BCUT2D eigenvalue weighted by atomic mass is 10.0. The van der Waals surface area contributed by atoms with Crippen molar-refractivity contribution in [2.75, 3.05) is 13.7 Å². The molecule has 0 radical (unpaired) electrons. The van der Waals surface area contributed by atoms with Gasteiger partial charge in [-0.05, 0) is 73.4 Å². The average molecular weight is 434 g/mol. The van der Waals surface area contributed by atoms with E-state index in [1.54, 1.807) is 43.5 Å². The van der Waals surface area contributed by atoms with E-state index in [1.807, 2.05) is 36.4 Å². The first-order valence-electron chi connectivity index (χ1n) is 10.3. The molecule has 0 aliphatic carbocycles. The fourth-order valence-corrected chi connectivity index (χ4v) is 3.08. The van der Waals surface area contributed by atoms with Crippen molar-refractivity contribution in [3.8, 4) is 22.6 Å². The molecule has 3 aromatic rings. The molecule has 0 heterocycles. The van der Waals surface area contributed by atoms with Gasteiger partial charge in [-0.3, -0.25) is 4.79 Å². The molecule has 6 nitrogen and oxygen atoms in total. The van der Waals surface area contributed by atoms with E-state index in [-0.39, 0.29) is 5.91 Å². The Hall–Kier alpha value is -3.80. The number of carbonyl (C=O) groups is 2. The highest BCUT2D eigenvalue weighted by Gasteiger charge is 2.29. The zero-order valence-corrected chi connectivity index (χ0v) is 18.4. The van der Waals surface area contributed by atoms with Gasteiger partial charge in [0.05, 0.1) is 7.11 Å². The first kappa shape index (κ1) is 22.9. The monoisotopic (exact) mass is 433 g/mol. The summed E-state index contributed by atoms with van der Waals surface area (Å²) in [6.07, 6.45) is 0.721. The number of hydrogen-bond donors (Lipinski definition) is 2. The second kappa shape index (κ2) is 10.0. The maximum absolute atomic E-state index is 12.2. The minimum atomic E-state index is -1.29. The smallest absolute Gasteiger partial charge is 0.347 e. The highest BCUT2D eigenvalue weighted by molar-refractivity contribution is 5.94. The summed E-state index contributed by atoms with van der Waals surface area (Å²) in [5.74, 6) is 0.0910. The fourth-order valence-electron chi connectivity index (χ4n) is 3.08. The lowest BCUT2D eigenvalue weighted by molar-refractivity contribution is -0.152. The lowest BCUT2D eigenvalue weighted by Crippen LogP contribution is -2.37. The number of carbonyl (C=O) groups excluding carboxylic acids is 1. The third kappa shape index (κ3) is 5.88. The minimum Gasteiger partial charge on any atom is -0.497 e. The molecule has 0 bridgehead atoms. The van der Waals surface area contributed by atoms with Crippen molar-refractivity contribution in [3.63, 3.8) is 0 Å². The highest BCUT2D eigenvalue weighted by atomic mass is 16.5. The number of ether oxygens (including phenoxy) is 2. The number of methoxy groups -OCH3 is 1. The Morgan fingerprint density at radius 2 is 1.38 bits per heavy atom. The predicted molar refractivity (Wildman–Crippen MR) is 123 cm³/mol. The molecule has 3 aromatic carbocycles. The van der Waals surface area contributed by atoms with Gasteiger partial charge < -0.3 is 19.9 Å². The molecular formula is C26H27NO5. The Bertz CT molecular complexity index is 1050. The maximum Gasteiger partial charge on any atom is 0.347 e. The van der Waals surface area contributed by atoms with Crippen LogP contribution in [0.25, 0.3) is 11.1 Å². The first-order chi connectivity index (χ1) is 15.3. The van der Waals surface area contributed by atoms with Crippen LogP contribution in [0.4, 0.5) is 0 Å². The zero-order chi connectivity index (χ0) is 23.1. The topological polar surface area (TPSA) is 84.9 Å². The molecular weight excluding hydrogens is 406 g/mol. The van der Waals surface area contributed by atoms with Gasteiger partial charge in [0, 0.05) is 12.1 Å². The van der Waals surface area contributed by atoms with Gasteiger partial charge in [0.15, 0.2) is 5.60 Å². The molecule has 166 valence electrons. The number of benzene rings is 3. The summed E-state index contributed by atoms with van der Waals surface area (Å²) in [7, 11) is 1.59. The van der Waals surface area contributed by atoms with E-state index in [9.17, 15) is 14.7 Å². The molecule has 0 spiro atoms. The van der Waals surface area contributed by atoms with Crippen molar-refractivity contribution in [2.45, 2.75) is 25.9 Å². The second-order valence-corrected chi connectivity index (χ2v) is 7.87. The molecule has 2 N–H and O–H groups in total. The minimum absolute atomic E-state index is 0.113. The van der Waals surface area contributed by atoms with Gasteiger partial charge in [-0.25, -0.2) is 4.79 Å². The van der Waals surface area contributed by atoms with Gasteiger partial charge >= 0.3 is 5.97 Å². The summed E-state index contributed by atoms with van der Waals surface area (Å²) >= 11 is 0. The van der Waals surface area contributed by atoms with E-state index in [2.05, 4.69) is 5.32 Å². The highest BCUT2D eigenvalue weighted by Crippen LogP contribution is 2.25. The molecule has 3 rings (SSSR count). The van der Waals surface area contributed by atoms with Crippen molar-refractivity contribution in [1.82, 2.24) is 5.32 Å². The molecule has 0 fully saturated rings. The molecule has 0 aliphatic rings. The quantitative estimate of drug-likeness (QED) is 0.516. The number of nitrogens with one attached hydrogen (secondary N) is 1. The summed E-state index contributed by atoms with van der Waals surface area (Å²) in [6.45, 7) is 3.57. The first-order valence-corrected chi connectivity index (χ1v) is 10.3. The van der Waals surface area contributed by atoms with Crippen LogP contribution in [0, 0.1) is 0 Å². The van der Waals surface area contributed by atoms with Crippen LogP contribution in [0.2, 0.25) is 0 Å². The average Bonchev–Trinajstić information content (AvgIpc) is 2.80. The van der Waals surface area contributed by atoms with Gasteiger partial charge in [-0.1, -0.05) is 36.4 Å². The molecule has 0 unspecified atom stereocenters. The van der Waals surface area contributed by atoms with Crippen LogP contribution in [0.5, 0.6) is 11.5 Å². The van der Waals surface area contributed by atoms with E-state index in [1.165, 1.54) is 13.8 Å². The Balaban J connectivity index is 1.53. The summed E-state index contributed by atoms with van der Waals surface area (Å²) in [6, 6.07) is 22.5. The summed E-state index contributed by atoms with van der Waals surface area (Å²) in [4.78, 5) is 23.4. The molecule has 0 saturated carbocycles. The van der Waals surface area contributed by atoms with Crippen LogP contribution in [-0.4, -0.2) is 36.2 Å². The number of aliphatic carboxylic acids is 1. The standard InChI is InChI=1S/C26H27NO5/c1-26(2,25(29)30)32-23-14-8-20(9-15-23)19-6-4-18(5-7-19)16-17-27-24(28)21-10-12-22(31-3)13-11-21/h4-15H,16-17H2,1-3H3,(H,27,28)(H,29,30). The van der Waals surface area contributed by atoms with E-state index < -0.39 is 11.6 Å². The maximum atomic E-state index is 12.2. The Morgan fingerprint density at radius 3 is 1.91 bits per heavy atom. The molecule has 1 amide bonds. The predicted octanol–water partition coefficient (Wildman–Crippen LogP) is 4.58. The van der Waals surface area contributed by atoms with Crippen molar-refractivity contribution < 1.29 is 24.2 Å². The summed E-state index contributed by atoms with van der Waals surface area (Å²) in [5, 5.41) is 12.1. The van der Waals surface area contributed by atoms with E-state index in [0.717, 1.165) is 23.1 Å². The van der Waals surface area contributed by atoms with Crippen LogP contribution in [-0.2, 0) is 11.2 Å². The lowest BCUT2D eigenvalue weighted by Gasteiger charge is -2.21. The van der Waals surface area contributed by atoms with Crippen LogP contribution >= 0.6 is 0 Å². The van der Waals surface area contributed by atoms with Crippen LogP contribution in [0.15, 0.2) is 72.8 Å². The number of carboxylic acid groups (broad SMARTS) is 1. The van der Waals surface area contributed by atoms with Crippen molar-refractivity contribution in [3.05, 3.63) is 83.9 Å². The molecule has 6 heteroatoms. The Morgan fingerprint density at radius 1 is 0.844 bits per heavy atom. The SMILES string of the molecule is COc1ccc(C(=O)NCCc2ccc(-c3ccc(OC(C)(C)C(=O)O)cc3)cc2)cc1. The third-order valence-electron chi connectivity index (χ3n) is 5.08. The third-order valence-corrected chi connectivity index (χ3v) is 5.08. The van der Waals surface area contributed by atoms with Gasteiger partial charge in [0.25, 0.3) is 5.91 Å². The van der Waals surface area contributed by atoms with E-state index in [0.29, 0.717) is 23.6 Å². The number of hydrogen-bond acceptors (Lipinski definition) is 4. The van der Waals surface area contributed by atoms with Crippen LogP contribution in [0.3, 0.4) is 0 Å². The van der Waals surface area contributed by atoms with E-state index >= 15 is 0 Å². The molecule has 0 saturated heterocycles. The van der Waals surface area contributed by atoms with Crippen molar-refractivity contribution >= 4 is 11.9 Å². The normalized spacial score (nSPS) is 11.0. The van der Waals surface area contributed by atoms with Crippen molar-refractivity contribution in [2.24, 2.45) is 0 Å². The van der Waals surface area contributed by atoms with Gasteiger partial charge in [-0.2, -0.15) is 0 Å². The van der Waals surface area contributed by atoms with Crippen molar-refractivity contribution in [1.29, 1.82) is 0 Å². The fraction of sp³-hybridized carbons (Fsp3) is 0.231. The number of carboxylic acids is 1. The van der Waals surface area contributed by atoms with Crippen LogP contribution < -0.4 is 14.8 Å². The molecule has 0 atom stereocenters. The largest absolute Gasteiger partial charge is 0.497 e. The van der Waals surface area contributed by atoms with Crippen LogP contribution in [0.1, 0.15) is 29.8 Å². The van der Waals surface area contributed by atoms with E-state index in [4.69, 9.17) is 9.47 Å². The Labute approximate surface area is 187 Å². The summed E-state index contributed by atoms with van der Waals surface area (Å²) < 4.78 is 10.6. The Kier molecular flexibility index (Phi) is 7.15. The number of amides is 1. The number of rotatable bonds is 9. The van der Waals surface area contributed by atoms with Gasteiger partial charge in [0.1, 0.15) is 11.5 Å². The summed E-state index contributed by atoms with van der Waals surface area (Å²) in [5.41, 5.74) is 2.48. The molecule has 32 heavy (non-hydrogen) atoms. The second-order valence-electron chi connectivity index (χ2n) is 7.87. The molecule has 0 aromatic heterocycles.